The zero-order valence-corrected chi connectivity index (χ0v) is 20.4. The minimum Gasteiger partial charge on any atom is -0.448 e. The van der Waals surface area contributed by atoms with Gasteiger partial charge in [0.05, 0.1) is 0 Å². The highest BCUT2D eigenvalue weighted by Gasteiger charge is 2.27. The standard InChI is InChI=1S/C28H25ClN2O4/c1-4-23(26(32)30-20-9-7-8-17(2)16-20)35-28(34)25-24(18-12-14-19(29)15-13-18)21-10-5-6-11-22(21)27(33)31(25)3/h5-16,23H,4H2,1-3H3,(H,30,32). The first-order valence-electron chi connectivity index (χ1n) is 11.3. The molecule has 0 aliphatic rings. The summed E-state index contributed by atoms with van der Waals surface area (Å²) >= 11 is 6.08. The number of hydrogen-bond acceptors (Lipinski definition) is 4. The highest BCUT2D eigenvalue weighted by Crippen LogP contribution is 2.32. The first-order chi connectivity index (χ1) is 16.8. The Balaban J connectivity index is 1.76. The Morgan fingerprint density at radius 2 is 1.69 bits per heavy atom. The minimum absolute atomic E-state index is 0.0674. The third kappa shape index (κ3) is 4.98. The van der Waals surface area contributed by atoms with E-state index in [4.69, 9.17) is 16.3 Å². The number of carbonyl (C=O) groups is 2. The van der Waals surface area contributed by atoms with Gasteiger partial charge in [0.2, 0.25) is 0 Å². The van der Waals surface area contributed by atoms with Crippen LogP contribution < -0.4 is 10.9 Å². The van der Waals surface area contributed by atoms with Crippen LogP contribution in [0.1, 0.15) is 29.4 Å². The molecule has 4 aromatic rings. The van der Waals surface area contributed by atoms with E-state index in [0.29, 0.717) is 32.6 Å². The fraction of sp³-hybridized carbons (Fsp3) is 0.179. The average molecular weight is 489 g/mol. The molecule has 4 rings (SSSR count). The number of anilines is 1. The number of hydrogen-bond donors (Lipinski definition) is 1. The van der Waals surface area contributed by atoms with Crippen molar-refractivity contribution >= 4 is 39.9 Å². The molecule has 0 saturated heterocycles. The molecule has 6 nitrogen and oxygen atoms in total. The Labute approximate surface area is 208 Å². The number of halogens is 1. The quantitative estimate of drug-likeness (QED) is 0.351. The molecular formula is C28H25ClN2O4. The monoisotopic (exact) mass is 488 g/mol. The molecule has 1 unspecified atom stereocenters. The zero-order chi connectivity index (χ0) is 25.1. The van der Waals surface area contributed by atoms with Crippen molar-refractivity contribution in [1.82, 2.24) is 4.57 Å². The van der Waals surface area contributed by atoms with Gasteiger partial charge in [-0.1, -0.05) is 61.0 Å². The van der Waals surface area contributed by atoms with Crippen LogP contribution in [0.3, 0.4) is 0 Å². The first kappa shape index (κ1) is 24.2. The van der Waals surface area contributed by atoms with Crippen LogP contribution in [0.2, 0.25) is 5.02 Å². The molecule has 0 saturated carbocycles. The Hall–Kier alpha value is -3.90. The molecule has 0 fully saturated rings. The van der Waals surface area contributed by atoms with Crippen molar-refractivity contribution in [3.63, 3.8) is 0 Å². The van der Waals surface area contributed by atoms with Gasteiger partial charge in [-0.25, -0.2) is 4.79 Å². The summed E-state index contributed by atoms with van der Waals surface area (Å²) in [5.41, 5.74) is 2.58. The minimum atomic E-state index is -1.04. The molecule has 178 valence electrons. The number of nitrogens with one attached hydrogen (secondary N) is 1. The number of esters is 1. The van der Waals surface area contributed by atoms with Gasteiger partial charge in [0, 0.05) is 28.7 Å². The van der Waals surface area contributed by atoms with Crippen LogP contribution in [-0.4, -0.2) is 22.5 Å². The number of benzene rings is 3. The zero-order valence-electron chi connectivity index (χ0n) is 19.7. The Morgan fingerprint density at radius 1 is 1.00 bits per heavy atom. The number of ether oxygens (including phenoxy) is 1. The van der Waals surface area contributed by atoms with Gasteiger partial charge in [-0.15, -0.1) is 0 Å². The van der Waals surface area contributed by atoms with Crippen molar-refractivity contribution in [3.8, 4) is 11.1 Å². The molecule has 1 atom stereocenters. The molecule has 0 bridgehead atoms. The van der Waals surface area contributed by atoms with Crippen LogP contribution in [0, 0.1) is 6.92 Å². The maximum atomic E-state index is 13.5. The van der Waals surface area contributed by atoms with Crippen molar-refractivity contribution < 1.29 is 14.3 Å². The SMILES string of the molecule is CCC(OC(=O)c1c(-c2ccc(Cl)cc2)c2ccccc2c(=O)n1C)C(=O)Nc1cccc(C)c1. The van der Waals surface area contributed by atoms with E-state index in [1.54, 1.807) is 61.5 Å². The number of pyridine rings is 1. The van der Waals surface area contributed by atoms with E-state index in [-0.39, 0.29) is 17.7 Å². The largest absolute Gasteiger partial charge is 0.448 e. The van der Waals surface area contributed by atoms with Crippen molar-refractivity contribution in [3.05, 3.63) is 99.4 Å². The second-order valence-electron chi connectivity index (χ2n) is 8.30. The highest BCUT2D eigenvalue weighted by molar-refractivity contribution is 6.30. The van der Waals surface area contributed by atoms with E-state index in [9.17, 15) is 14.4 Å². The van der Waals surface area contributed by atoms with E-state index in [0.717, 1.165) is 5.56 Å². The lowest BCUT2D eigenvalue weighted by molar-refractivity contribution is -0.124. The number of amides is 1. The van der Waals surface area contributed by atoms with Crippen LogP contribution in [0.15, 0.2) is 77.6 Å². The summed E-state index contributed by atoms with van der Waals surface area (Å²) < 4.78 is 6.96. The predicted octanol–water partition coefficient (Wildman–Crippen LogP) is 5.74. The van der Waals surface area contributed by atoms with Crippen molar-refractivity contribution in [1.29, 1.82) is 0 Å². The number of aryl methyl sites for hydroxylation is 1. The number of carbonyl (C=O) groups excluding carboxylic acids is 2. The van der Waals surface area contributed by atoms with Crippen molar-refractivity contribution in [2.45, 2.75) is 26.4 Å². The maximum Gasteiger partial charge on any atom is 0.356 e. The van der Waals surface area contributed by atoms with E-state index < -0.39 is 18.0 Å². The number of aromatic nitrogens is 1. The second kappa shape index (κ2) is 10.2. The third-order valence-electron chi connectivity index (χ3n) is 5.83. The van der Waals surface area contributed by atoms with Crippen molar-refractivity contribution in [2.24, 2.45) is 7.05 Å². The van der Waals surface area contributed by atoms with Gasteiger partial charge in [0.15, 0.2) is 6.10 Å². The van der Waals surface area contributed by atoms with Crippen LogP contribution in [0.25, 0.3) is 21.9 Å². The first-order valence-corrected chi connectivity index (χ1v) is 11.6. The lowest BCUT2D eigenvalue weighted by Crippen LogP contribution is -2.34. The average Bonchev–Trinajstić information content (AvgIpc) is 2.85. The summed E-state index contributed by atoms with van der Waals surface area (Å²) in [7, 11) is 1.53. The molecule has 3 aromatic carbocycles. The van der Waals surface area contributed by atoms with Crippen LogP contribution in [0.4, 0.5) is 5.69 Å². The summed E-state index contributed by atoms with van der Waals surface area (Å²) in [5, 5.41) is 4.43. The molecule has 1 N–H and O–H groups in total. The van der Waals surface area contributed by atoms with E-state index in [1.807, 2.05) is 25.1 Å². The van der Waals surface area contributed by atoms with E-state index >= 15 is 0 Å². The Kier molecular flexibility index (Phi) is 7.03. The third-order valence-corrected chi connectivity index (χ3v) is 6.08. The molecule has 0 radical (unpaired) electrons. The summed E-state index contributed by atoms with van der Waals surface area (Å²) in [4.78, 5) is 39.5. The fourth-order valence-electron chi connectivity index (χ4n) is 4.07. The van der Waals surface area contributed by atoms with Gasteiger partial charge in [0.1, 0.15) is 5.69 Å². The molecule has 0 aliphatic carbocycles. The number of nitrogens with zero attached hydrogens (tertiary/aromatic N) is 1. The van der Waals surface area contributed by atoms with Gasteiger partial charge >= 0.3 is 5.97 Å². The Bertz CT molecular complexity index is 1480. The van der Waals surface area contributed by atoms with Gasteiger partial charge in [-0.3, -0.25) is 9.59 Å². The summed E-state index contributed by atoms with van der Waals surface area (Å²) in [5.74, 6) is -1.20. The molecule has 1 amide bonds. The van der Waals surface area contributed by atoms with Crippen LogP contribution in [0.5, 0.6) is 0 Å². The number of rotatable bonds is 6. The summed E-state index contributed by atoms with van der Waals surface area (Å²) in [6.45, 7) is 3.68. The van der Waals surface area contributed by atoms with Crippen LogP contribution in [-0.2, 0) is 16.6 Å². The number of fused-ring (bicyclic) bond motifs is 1. The molecule has 1 heterocycles. The van der Waals surface area contributed by atoms with E-state index in [1.165, 1.54) is 11.6 Å². The van der Waals surface area contributed by atoms with Crippen molar-refractivity contribution in [2.75, 3.05) is 5.32 Å². The van der Waals surface area contributed by atoms with Crippen LogP contribution >= 0.6 is 11.6 Å². The molecule has 1 aromatic heterocycles. The molecule has 35 heavy (non-hydrogen) atoms. The smallest absolute Gasteiger partial charge is 0.356 e. The lowest BCUT2D eigenvalue weighted by Gasteiger charge is -2.20. The predicted molar refractivity (Wildman–Crippen MR) is 139 cm³/mol. The lowest BCUT2D eigenvalue weighted by atomic mass is 9.96. The maximum absolute atomic E-state index is 13.5. The van der Waals surface area contributed by atoms with Gasteiger partial charge < -0.3 is 14.6 Å². The van der Waals surface area contributed by atoms with Gasteiger partial charge in [0.25, 0.3) is 11.5 Å². The highest BCUT2D eigenvalue weighted by atomic mass is 35.5. The fourth-order valence-corrected chi connectivity index (χ4v) is 4.19. The second-order valence-corrected chi connectivity index (χ2v) is 8.74. The molecule has 0 spiro atoms. The molecular weight excluding hydrogens is 464 g/mol. The summed E-state index contributed by atoms with van der Waals surface area (Å²) in [6, 6.07) is 21.5. The molecule has 0 aliphatic heterocycles. The van der Waals surface area contributed by atoms with E-state index in [2.05, 4.69) is 5.32 Å². The van der Waals surface area contributed by atoms with Gasteiger partial charge in [-0.2, -0.15) is 0 Å². The summed E-state index contributed by atoms with van der Waals surface area (Å²) in [6.07, 6.45) is -0.774. The topological polar surface area (TPSA) is 77.4 Å². The van der Waals surface area contributed by atoms with Gasteiger partial charge in [-0.05, 0) is 60.2 Å². The normalized spacial score (nSPS) is 11.8. The Morgan fingerprint density at radius 3 is 2.34 bits per heavy atom. The molecule has 7 heteroatoms.